The second kappa shape index (κ2) is 6.03. The van der Waals surface area contributed by atoms with Crippen LogP contribution in [0.4, 0.5) is 0 Å². The van der Waals surface area contributed by atoms with Crippen molar-refractivity contribution < 1.29 is 4.42 Å². The van der Waals surface area contributed by atoms with E-state index in [1.807, 2.05) is 0 Å². The molecule has 1 aromatic heterocycles. The third-order valence-corrected chi connectivity index (χ3v) is 2.89. The highest BCUT2D eigenvalue weighted by Crippen LogP contribution is 2.18. The van der Waals surface area contributed by atoms with Gasteiger partial charge in [0.25, 0.3) is 5.22 Å². The predicted octanol–water partition coefficient (Wildman–Crippen LogP) is 1.72. The lowest BCUT2D eigenvalue weighted by Crippen LogP contribution is -2.21. The van der Waals surface area contributed by atoms with Gasteiger partial charge in [0.1, 0.15) is 0 Å². The molecule has 0 aromatic carbocycles. The van der Waals surface area contributed by atoms with Crippen molar-refractivity contribution in [2.45, 2.75) is 26.0 Å². The lowest BCUT2D eigenvalue weighted by atomic mass is 10.2. The number of hydrogen-bond acceptors (Lipinski definition) is 5. The Hall–Kier alpha value is -0.550. The Morgan fingerprint density at radius 3 is 2.86 bits per heavy atom. The summed E-state index contributed by atoms with van der Waals surface area (Å²) in [7, 11) is 0. The van der Waals surface area contributed by atoms with Crippen molar-refractivity contribution in [1.82, 2.24) is 15.5 Å². The summed E-state index contributed by atoms with van der Waals surface area (Å²) >= 11 is 1.62. The van der Waals surface area contributed by atoms with E-state index >= 15 is 0 Å². The molecule has 0 spiro atoms. The van der Waals surface area contributed by atoms with Crippen molar-refractivity contribution in [3.05, 3.63) is 5.89 Å². The molecule has 0 aliphatic rings. The van der Waals surface area contributed by atoms with Gasteiger partial charge in [-0.3, -0.25) is 0 Å². The normalized spacial score (nSPS) is 13.1. The molecule has 1 atom stereocenters. The number of nitrogens with zero attached hydrogens (tertiary/aromatic N) is 2. The predicted molar refractivity (Wildman–Crippen MR) is 57.5 cm³/mol. The fraction of sp³-hybridized carbons (Fsp3) is 0.778. The minimum Gasteiger partial charge on any atom is -0.416 e. The van der Waals surface area contributed by atoms with E-state index in [0.29, 0.717) is 17.0 Å². The van der Waals surface area contributed by atoms with E-state index in [4.69, 9.17) is 4.42 Å². The molecule has 5 heteroatoms. The maximum absolute atomic E-state index is 5.26. The molecule has 1 heterocycles. The first-order chi connectivity index (χ1) is 6.72. The van der Waals surface area contributed by atoms with Gasteiger partial charge in [-0.15, -0.1) is 10.2 Å². The van der Waals surface area contributed by atoms with Gasteiger partial charge in [0.05, 0.1) is 0 Å². The molecule has 4 nitrogen and oxygen atoms in total. The number of thioether (sulfide) groups is 1. The third kappa shape index (κ3) is 4.11. The summed E-state index contributed by atoms with van der Waals surface area (Å²) in [6, 6.07) is 0. The number of nitrogens with one attached hydrogen (secondary N) is 1. The van der Waals surface area contributed by atoms with Gasteiger partial charge in [0.2, 0.25) is 5.89 Å². The molecule has 0 amide bonds. The van der Waals surface area contributed by atoms with E-state index in [1.54, 1.807) is 18.7 Å². The standard InChI is InChI=1S/C9H17N3OS/c1-4-10-5-7(2)6-14-9-12-11-8(3)13-9/h7,10H,4-6H2,1-3H3. The van der Waals surface area contributed by atoms with Crippen LogP contribution in [-0.2, 0) is 0 Å². The van der Waals surface area contributed by atoms with E-state index in [9.17, 15) is 0 Å². The van der Waals surface area contributed by atoms with Gasteiger partial charge in [-0.2, -0.15) is 0 Å². The molecule has 0 radical (unpaired) electrons. The van der Waals surface area contributed by atoms with Crippen LogP contribution in [0, 0.1) is 12.8 Å². The number of hydrogen-bond donors (Lipinski definition) is 1. The van der Waals surface area contributed by atoms with Gasteiger partial charge in [-0.25, -0.2) is 0 Å². The first-order valence-electron chi connectivity index (χ1n) is 4.86. The number of aromatic nitrogens is 2. The van der Waals surface area contributed by atoms with E-state index < -0.39 is 0 Å². The third-order valence-electron chi connectivity index (χ3n) is 1.74. The van der Waals surface area contributed by atoms with Crippen LogP contribution < -0.4 is 5.32 Å². The monoisotopic (exact) mass is 215 g/mol. The second-order valence-corrected chi connectivity index (χ2v) is 4.28. The van der Waals surface area contributed by atoms with Gasteiger partial charge in [0.15, 0.2) is 0 Å². The molecule has 1 N–H and O–H groups in total. The van der Waals surface area contributed by atoms with Crippen LogP contribution in [0.5, 0.6) is 0 Å². The Balaban J connectivity index is 2.20. The zero-order valence-electron chi connectivity index (χ0n) is 8.91. The van der Waals surface area contributed by atoms with Crippen molar-refractivity contribution in [1.29, 1.82) is 0 Å². The smallest absolute Gasteiger partial charge is 0.276 e. The van der Waals surface area contributed by atoms with Crippen molar-refractivity contribution in [2.24, 2.45) is 5.92 Å². The van der Waals surface area contributed by atoms with E-state index in [0.717, 1.165) is 18.8 Å². The van der Waals surface area contributed by atoms with Crippen LogP contribution in [0.15, 0.2) is 9.64 Å². The summed E-state index contributed by atoms with van der Waals surface area (Å²) in [6.45, 7) is 8.19. The topological polar surface area (TPSA) is 51.0 Å². The van der Waals surface area contributed by atoms with Gasteiger partial charge < -0.3 is 9.73 Å². The lowest BCUT2D eigenvalue weighted by Gasteiger charge is -2.08. The summed E-state index contributed by atoms with van der Waals surface area (Å²) in [4.78, 5) is 0. The van der Waals surface area contributed by atoms with Gasteiger partial charge in [-0.05, 0) is 19.0 Å². The summed E-state index contributed by atoms with van der Waals surface area (Å²) in [5.74, 6) is 2.26. The van der Waals surface area contributed by atoms with Crippen LogP contribution in [0.25, 0.3) is 0 Å². The Morgan fingerprint density at radius 1 is 1.50 bits per heavy atom. The summed E-state index contributed by atoms with van der Waals surface area (Å²) < 4.78 is 5.26. The zero-order valence-corrected chi connectivity index (χ0v) is 9.73. The Bertz CT molecular complexity index is 264. The first-order valence-corrected chi connectivity index (χ1v) is 5.84. The van der Waals surface area contributed by atoms with Crippen LogP contribution >= 0.6 is 11.8 Å². The first kappa shape index (κ1) is 11.5. The largest absolute Gasteiger partial charge is 0.416 e. The Labute approximate surface area is 88.9 Å². The highest BCUT2D eigenvalue weighted by molar-refractivity contribution is 7.99. The molecule has 1 aromatic rings. The average Bonchev–Trinajstić information content (AvgIpc) is 2.58. The maximum atomic E-state index is 5.26. The molecule has 1 rings (SSSR count). The highest BCUT2D eigenvalue weighted by Gasteiger charge is 2.06. The van der Waals surface area contributed by atoms with Crippen LogP contribution in [0.1, 0.15) is 19.7 Å². The lowest BCUT2D eigenvalue weighted by molar-refractivity contribution is 0.428. The molecular formula is C9H17N3OS. The minimum atomic E-state index is 0.618. The Morgan fingerprint density at radius 2 is 2.29 bits per heavy atom. The van der Waals surface area contributed by atoms with Crippen molar-refractivity contribution in [2.75, 3.05) is 18.8 Å². The number of aryl methyl sites for hydroxylation is 1. The zero-order chi connectivity index (χ0) is 10.4. The van der Waals surface area contributed by atoms with Gasteiger partial charge in [0, 0.05) is 12.7 Å². The molecule has 1 unspecified atom stereocenters. The molecule has 14 heavy (non-hydrogen) atoms. The van der Waals surface area contributed by atoms with Crippen LogP contribution in [-0.4, -0.2) is 29.0 Å². The molecule has 0 saturated heterocycles. The molecule has 80 valence electrons. The molecule has 0 saturated carbocycles. The molecule has 0 fully saturated rings. The fourth-order valence-electron chi connectivity index (χ4n) is 1.000. The van der Waals surface area contributed by atoms with Crippen LogP contribution in [0.3, 0.4) is 0 Å². The number of rotatable bonds is 6. The van der Waals surface area contributed by atoms with E-state index in [2.05, 4.69) is 29.4 Å². The van der Waals surface area contributed by atoms with Crippen molar-refractivity contribution >= 4 is 11.8 Å². The SMILES string of the molecule is CCNCC(C)CSc1nnc(C)o1. The van der Waals surface area contributed by atoms with E-state index in [1.165, 1.54) is 0 Å². The van der Waals surface area contributed by atoms with Crippen molar-refractivity contribution in [3.8, 4) is 0 Å². The average molecular weight is 215 g/mol. The summed E-state index contributed by atoms with van der Waals surface area (Å²) in [5.41, 5.74) is 0. The van der Waals surface area contributed by atoms with Gasteiger partial charge in [-0.1, -0.05) is 25.6 Å². The summed E-state index contributed by atoms with van der Waals surface area (Å²) in [5, 5.41) is 11.7. The van der Waals surface area contributed by atoms with E-state index in [-0.39, 0.29) is 0 Å². The van der Waals surface area contributed by atoms with Gasteiger partial charge >= 0.3 is 0 Å². The van der Waals surface area contributed by atoms with Crippen LogP contribution in [0.2, 0.25) is 0 Å². The molecular weight excluding hydrogens is 198 g/mol. The highest BCUT2D eigenvalue weighted by atomic mass is 32.2. The molecule has 0 aliphatic carbocycles. The molecule has 0 aliphatic heterocycles. The Kier molecular flexibility index (Phi) is 4.97. The fourth-order valence-corrected chi connectivity index (χ4v) is 1.82. The quantitative estimate of drug-likeness (QED) is 0.732. The summed E-state index contributed by atoms with van der Waals surface area (Å²) in [6.07, 6.45) is 0. The molecule has 0 bridgehead atoms. The van der Waals surface area contributed by atoms with Crippen molar-refractivity contribution in [3.63, 3.8) is 0 Å². The minimum absolute atomic E-state index is 0.618. The second-order valence-electron chi connectivity index (χ2n) is 3.31. The maximum Gasteiger partial charge on any atom is 0.276 e.